The highest BCUT2D eigenvalue weighted by Gasteiger charge is 2.13. The summed E-state index contributed by atoms with van der Waals surface area (Å²) in [4.78, 5) is 16.6. The molecule has 0 bridgehead atoms. The third-order valence-corrected chi connectivity index (χ3v) is 3.89. The molecule has 0 radical (unpaired) electrons. The van der Waals surface area contributed by atoms with Crippen LogP contribution in [0.2, 0.25) is 0 Å². The van der Waals surface area contributed by atoms with Gasteiger partial charge < -0.3 is 11.1 Å². The van der Waals surface area contributed by atoms with Crippen molar-refractivity contribution in [2.45, 2.75) is 26.8 Å². The number of hydrogen-bond donors (Lipinski definition) is 2. The van der Waals surface area contributed by atoms with Gasteiger partial charge in [-0.3, -0.25) is 4.79 Å². The van der Waals surface area contributed by atoms with Gasteiger partial charge in [0.25, 0.3) is 5.91 Å². The number of nitrogens with two attached hydrogens (primary N) is 1. The molecular formula is C14H17N3OS. The second-order valence-electron chi connectivity index (χ2n) is 4.32. The molecule has 4 nitrogen and oxygen atoms in total. The van der Waals surface area contributed by atoms with E-state index in [1.807, 2.05) is 12.1 Å². The van der Waals surface area contributed by atoms with Crippen LogP contribution >= 0.6 is 11.3 Å². The Labute approximate surface area is 116 Å². The number of aryl methyl sites for hydroxylation is 2. The van der Waals surface area contributed by atoms with Crippen LogP contribution in [0.15, 0.2) is 24.3 Å². The quantitative estimate of drug-likeness (QED) is 0.901. The van der Waals surface area contributed by atoms with Gasteiger partial charge in [-0.15, -0.1) is 0 Å². The SMILES string of the molecule is CCc1ccc(CNC(=O)c2sc(N)nc2C)cc1. The number of benzene rings is 1. The topological polar surface area (TPSA) is 68.0 Å². The minimum Gasteiger partial charge on any atom is -0.375 e. The summed E-state index contributed by atoms with van der Waals surface area (Å²) in [6.07, 6.45) is 1.02. The predicted octanol–water partition coefficient (Wildman–Crippen LogP) is 2.53. The van der Waals surface area contributed by atoms with Crippen LogP contribution in [-0.4, -0.2) is 10.9 Å². The fourth-order valence-corrected chi connectivity index (χ4v) is 2.53. The normalized spacial score (nSPS) is 10.4. The molecule has 0 aliphatic rings. The summed E-state index contributed by atoms with van der Waals surface area (Å²) < 4.78 is 0. The second kappa shape index (κ2) is 5.84. The number of nitrogens with one attached hydrogen (secondary N) is 1. The van der Waals surface area contributed by atoms with Crippen molar-refractivity contribution in [3.63, 3.8) is 0 Å². The first kappa shape index (κ1) is 13.5. The minimum absolute atomic E-state index is 0.119. The van der Waals surface area contributed by atoms with Gasteiger partial charge in [-0.05, 0) is 24.5 Å². The van der Waals surface area contributed by atoms with Crippen LogP contribution in [0.4, 0.5) is 5.13 Å². The van der Waals surface area contributed by atoms with Crippen LogP contribution < -0.4 is 11.1 Å². The van der Waals surface area contributed by atoms with Crippen molar-refractivity contribution in [2.24, 2.45) is 0 Å². The zero-order valence-electron chi connectivity index (χ0n) is 11.1. The largest absolute Gasteiger partial charge is 0.375 e. The van der Waals surface area contributed by atoms with Crippen LogP contribution in [0.25, 0.3) is 0 Å². The van der Waals surface area contributed by atoms with E-state index in [0.717, 1.165) is 12.0 Å². The molecule has 1 heterocycles. The van der Waals surface area contributed by atoms with Crippen molar-refractivity contribution < 1.29 is 4.79 Å². The Balaban J connectivity index is 1.98. The highest BCUT2D eigenvalue weighted by Crippen LogP contribution is 2.19. The predicted molar refractivity (Wildman–Crippen MR) is 78.3 cm³/mol. The summed E-state index contributed by atoms with van der Waals surface area (Å²) in [5.41, 5.74) is 8.64. The summed E-state index contributed by atoms with van der Waals surface area (Å²) in [5.74, 6) is -0.119. The average molecular weight is 275 g/mol. The van der Waals surface area contributed by atoms with E-state index in [1.165, 1.54) is 16.9 Å². The first-order valence-electron chi connectivity index (χ1n) is 6.19. The zero-order valence-corrected chi connectivity index (χ0v) is 11.9. The van der Waals surface area contributed by atoms with E-state index in [-0.39, 0.29) is 5.91 Å². The average Bonchev–Trinajstić information content (AvgIpc) is 2.75. The fraction of sp³-hybridized carbons (Fsp3) is 0.286. The van der Waals surface area contributed by atoms with Crippen molar-refractivity contribution in [1.82, 2.24) is 10.3 Å². The van der Waals surface area contributed by atoms with E-state index < -0.39 is 0 Å². The van der Waals surface area contributed by atoms with E-state index in [0.29, 0.717) is 22.2 Å². The van der Waals surface area contributed by atoms with E-state index >= 15 is 0 Å². The van der Waals surface area contributed by atoms with Gasteiger partial charge in [0.1, 0.15) is 4.88 Å². The summed E-state index contributed by atoms with van der Waals surface area (Å²) >= 11 is 1.22. The lowest BCUT2D eigenvalue weighted by Gasteiger charge is -2.05. The molecule has 100 valence electrons. The number of rotatable bonds is 4. The number of carbonyl (C=O) groups excluding carboxylic acids is 1. The van der Waals surface area contributed by atoms with Gasteiger partial charge in [-0.25, -0.2) is 4.98 Å². The molecule has 0 unspecified atom stereocenters. The van der Waals surface area contributed by atoms with E-state index in [2.05, 4.69) is 29.4 Å². The van der Waals surface area contributed by atoms with Crippen molar-refractivity contribution in [3.05, 3.63) is 46.0 Å². The standard InChI is InChI=1S/C14H17N3OS/c1-3-10-4-6-11(7-5-10)8-16-13(18)12-9(2)17-14(15)19-12/h4-7H,3,8H2,1-2H3,(H2,15,17)(H,16,18). The molecule has 1 aromatic carbocycles. The van der Waals surface area contributed by atoms with Crippen molar-refractivity contribution in [2.75, 3.05) is 5.73 Å². The van der Waals surface area contributed by atoms with Gasteiger partial charge in [-0.1, -0.05) is 42.5 Å². The molecule has 2 rings (SSSR count). The number of nitrogen functional groups attached to an aromatic ring is 1. The maximum absolute atomic E-state index is 12.0. The molecule has 5 heteroatoms. The van der Waals surface area contributed by atoms with E-state index in [1.54, 1.807) is 6.92 Å². The molecule has 0 fully saturated rings. The van der Waals surface area contributed by atoms with Gasteiger partial charge in [0.2, 0.25) is 0 Å². The van der Waals surface area contributed by atoms with Crippen molar-refractivity contribution in [3.8, 4) is 0 Å². The molecular weight excluding hydrogens is 258 g/mol. The third-order valence-electron chi connectivity index (χ3n) is 2.90. The Hall–Kier alpha value is -1.88. The highest BCUT2D eigenvalue weighted by atomic mass is 32.1. The summed E-state index contributed by atoms with van der Waals surface area (Å²) in [7, 11) is 0. The smallest absolute Gasteiger partial charge is 0.263 e. The first-order chi connectivity index (χ1) is 9.10. The second-order valence-corrected chi connectivity index (χ2v) is 5.35. The van der Waals surface area contributed by atoms with Crippen LogP contribution in [0, 0.1) is 6.92 Å². The zero-order chi connectivity index (χ0) is 13.8. The van der Waals surface area contributed by atoms with Gasteiger partial charge in [0, 0.05) is 6.54 Å². The Bertz CT molecular complexity index is 575. The third kappa shape index (κ3) is 3.32. The first-order valence-corrected chi connectivity index (χ1v) is 7.00. The molecule has 0 saturated heterocycles. The molecule has 1 aromatic heterocycles. The molecule has 0 aliphatic carbocycles. The number of aromatic nitrogens is 1. The summed E-state index contributed by atoms with van der Waals surface area (Å²) in [5, 5.41) is 3.31. The maximum atomic E-state index is 12.0. The van der Waals surface area contributed by atoms with Crippen LogP contribution in [0.3, 0.4) is 0 Å². The van der Waals surface area contributed by atoms with Gasteiger partial charge in [-0.2, -0.15) is 0 Å². The van der Waals surface area contributed by atoms with Crippen LogP contribution in [0.1, 0.15) is 33.4 Å². The molecule has 0 saturated carbocycles. The molecule has 1 amide bonds. The lowest BCUT2D eigenvalue weighted by atomic mass is 10.1. The van der Waals surface area contributed by atoms with Gasteiger partial charge >= 0.3 is 0 Å². The highest BCUT2D eigenvalue weighted by molar-refractivity contribution is 7.17. The molecule has 0 atom stereocenters. The summed E-state index contributed by atoms with van der Waals surface area (Å²) in [6.45, 7) is 4.42. The number of carbonyl (C=O) groups is 1. The minimum atomic E-state index is -0.119. The lowest BCUT2D eigenvalue weighted by Crippen LogP contribution is -2.22. The Morgan fingerprint density at radius 3 is 2.47 bits per heavy atom. The molecule has 3 N–H and O–H groups in total. The Kier molecular flexibility index (Phi) is 4.16. The fourth-order valence-electron chi connectivity index (χ4n) is 1.78. The monoisotopic (exact) mass is 275 g/mol. The molecule has 0 spiro atoms. The lowest BCUT2D eigenvalue weighted by molar-refractivity contribution is 0.0954. The van der Waals surface area contributed by atoms with Crippen molar-refractivity contribution in [1.29, 1.82) is 0 Å². The molecule has 19 heavy (non-hydrogen) atoms. The Morgan fingerprint density at radius 2 is 1.95 bits per heavy atom. The number of anilines is 1. The van der Waals surface area contributed by atoms with Crippen LogP contribution in [-0.2, 0) is 13.0 Å². The maximum Gasteiger partial charge on any atom is 0.263 e. The molecule has 2 aromatic rings. The van der Waals surface area contributed by atoms with E-state index in [4.69, 9.17) is 5.73 Å². The number of thiazole rings is 1. The van der Waals surface area contributed by atoms with Gasteiger partial charge in [0.15, 0.2) is 5.13 Å². The van der Waals surface area contributed by atoms with Crippen LogP contribution in [0.5, 0.6) is 0 Å². The number of hydrogen-bond acceptors (Lipinski definition) is 4. The van der Waals surface area contributed by atoms with Crippen molar-refractivity contribution >= 4 is 22.4 Å². The van der Waals surface area contributed by atoms with E-state index in [9.17, 15) is 4.79 Å². The number of nitrogens with zero attached hydrogens (tertiary/aromatic N) is 1. The number of amides is 1. The van der Waals surface area contributed by atoms with Gasteiger partial charge in [0.05, 0.1) is 5.69 Å². The Morgan fingerprint density at radius 1 is 1.32 bits per heavy atom. The molecule has 0 aliphatic heterocycles. The summed E-state index contributed by atoms with van der Waals surface area (Å²) in [6, 6.07) is 8.23.